The van der Waals surface area contributed by atoms with Crippen molar-refractivity contribution in [2.24, 2.45) is 0 Å². The van der Waals surface area contributed by atoms with E-state index < -0.39 is 11.6 Å². The standard InChI is InChI=1S/C30H35BrN2O4/c1-21-16-25(14-15-26(21)31)37-20-28(34)33(19-23-12-9-13-24(17-23)36-5)27(29(35)32-30(2,3)4)18-22-10-7-6-8-11-22/h6-17,27H,18-20H2,1-5H3,(H,32,35)/t27-/m1/s1. The average Bonchev–Trinajstić information content (AvgIpc) is 2.86. The molecule has 0 heterocycles. The molecule has 0 bridgehead atoms. The van der Waals surface area contributed by atoms with Crippen molar-refractivity contribution in [1.82, 2.24) is 10.2 Å². The van der Waals surface area contributed by atoms with Crippen LogP contribution in [-0.2, 0) is 22.6 Å². The minimum Gasteiger partial charge on any atom is -0.497 e. The second-order valence-corrected chi connectivity index (χ2v) is 10.9. The highest BCUT2D eigenvalue weighted by atomic mass is 79.9. The maximum Gasteiger partial charge on any atom is 0.261 e. The highest BCUT2D eigenvalue weighted by Crippen LogP contribution is 2.23. The Balaban J connectivity index is 1.94. The quantitative estimate of drug-likeness (QED) is 0.342. The van der Waals surface area contributed by atoms with Crippen molar-refractivity contribution >= 4 is 27.7 Å². The summed E-state index contributed by atoms with van der Waals surface area (Å²) in [6.07, 6.45) is 0.371. The Bertz CT molecular complexity index is 1210. The van der Waals surface area contributed by atoms with Crippen LogP contribution in [0.15, 0.2) is 77.3 Å². The van der Waals surface area contributed by atoms with Crippen LogP contribution in [-0.4, -0.2) is 42.0 Å². The number of ether oxygens (including phenoxy) is 2. The van der Waals surface area contributed by atoms with Gasteiger partial charge in [-0.1, -0.05) is 58.4 Å². The first-order valence-corrected chi connectivity index (χ1v) is 13.0. The molecule has 37 heavy (non-hydrogen) atoms. The number of nitrogens with zero attached hydrogens (tertiary/aromatic N) is 1. The number of rotatable bonds is 10. The summed E-state index contributed by atoms with van der Waals surface area (Å²) in [5.41, 5.74) is 2.37. The van der Waals surface area contributed by atoms with Gasteiger partial charge in [0.2, 0.25) is 5.91 Å². The lowest BCUT2D eigenvalue weighted by Crippen LogP contribution is -2.55. The number of carbonyl (C=O) groups excluding carboxylic acids is 2. The van der Waals surface area contributed by atoms with E-state index in [4.69, 9.17) is 9.47 Å². The summed E-state index contributed by atoms with van der Waals surface area (Å²) in [5.74, 6) is 0.778. The summed E-state index contributed by atoms with van der Waals surface area (Å²) in [4.78, 5) is 28.9. The molecule has 0 aliphatic heterocycles. The lowest BCUT2D eigenvalue weighted by Gasteiger charge is -2.33. The van der Waals surface area contributed by atoms with Crippen LogP contribution < -0.4 is 14.8 Å². The van der Waals surface area contributed by atoms with Gasteiger partial charge in [-0.05, 0) is 74.7 Å². The first-order chi connectivity index (χ1) is 17.6. The number of nitrogens with one attached hydrogen (secondary N) is 1. The molecule has 196 valence electrons. The summed E-state index contributed by atoms with van der Waals surface area (Å²) in [6.45, 7) is 7.78. The van der Waals surface area contributed by atoms with Crippen LogP contribution in [0, 0.1) is 6.92 Å². The predicted molar refractivity (Wildman–Crippen MR) is 150 cm³/mol. The van der Waals surface area contributed by atoms with Gasteiger partial charge in [0.05, 0.1) is 7.11 Å². The molecule has 0 unspecified atom stereocenters. The fourth-order valence-corrected chi connectivity index (χ4v) is 4.16. The van der Waals surface area contributed by atoms with Crippen molar-refractivity contribution in [3.63, 3.8) is 0 Å². The SMILES string of the molecule is COc1cccc(CN(C(=O)COc2ccc(Br)c(C)c2)[C@H](Cc2ccccc2)C(=O)NC(C)(C)C)c1. The van der Waals surface area contributed by atoms with Crippen LogP contribution >= 0.6 is 15.9 Å². The van der Waals surface area contributed by atoms with Gasteiger partial charge in [-0.2, -0.15) is 0 Å². The van der Waals surface area contributed by atoms with E-state index in [1.807, 2.05) is 100 Å². The van der Waals surface area contributed by atoms with Crippen LogP contribution in [0.3, 0.4) is 0 Å². The van der Waals surface area contributed by atoms with Crippen molar-refractivity contribution < 1.29 is 19.1 Å². The molecule has 0 radical (unpaired) electrons. The van der Waals surface area contributed by atoms with E-state index in [9.17, 15) is 9.59 Å². The van der Waals surface area contributed by atoms with Crippen molar-refractivity contribution in [1.29, 1.82) is 0 Å². The van der Waals surface area contributed by atoms with Crippen LogP contribution in [0.4, 0.5) is 0 Å². The van der Waals surface area contributed by atoms with E-state index in [0.29, 0.717) is 17.9 Å². The molecule has 0 fully saturated rings. The molecule has 3 rings (SSSR count). The molecule has 3 aromatic rings. The number of hydrogen-bond donors (Lipinski definition) is 1. The van der Waals surface area contributed by atoms with Gasteiger partial charge in [0.25, 0.3) is 5.91 Å². The molecule has 0 saturated carbocycles. The maximum atomic E-state index is 13.7. The number of benzene rings is 3. The van der Waals surface area contributed by atoms with Gasteiger partial charge in [0.1, 0.15) is 17.5 Å². The van der Waals surface area contributed by atoms with E-state index in [1.54, 1.807) is 12.0 Å². The zero-order valence-electron chi connectivity index (χ0n) is 22.1. The normalized spacial score (nSPS) is 11.9. The van der Waals surface area contributed by atoms with Gasteiger partial charge in [0.15, 0.2) is 6.61 Å². The van der Waals surface area contributed by atoms with Gasteiger partial charge in [-0.3, -0.25) is 9.59 Å². The second kappa shape index (κ2) is 12.8. The highest BCUT2D eigenvalue weighted by molar-refractivity contribution is 9.10. The molecule has 3 aromatic carbocycles. The molecule has 0 aliphatic carbocycles. The van der Waals surface area contributed by atoms with Crippen molar-refractivity contribution in [3.05, 3.63) is 94.0 Å². The summed E-state index contributed by atoms with van der Waals surface area (Å²) in [5, 5.41) is 3.07. The van der Waals surface area contributed by atoms with E-state index in [2.05, 4.69) is 21.2 Å². The van der Waals surface area contributed by atoms with E-state index >= 15 is 0 Å². The molecule has 2 amide bonds. The third kappa shape index (κ3) is 8.64. The Morgan fingerprint density at radius 1 is 0.946 bits per heavy atom. The minimum atomic E-state index is -0.740. The van der Waals surface area contributed by atoms with Gasteiger partial charge in [-0.25, -0.2) is 0 Å². The monoisotopic (exact) mass is 566 g/mol. The Morgan fingerprint density at radius 2 is 1.65 bits per heavy atom. The predicted octanol–water partition coefficient (Wildman–Crippen LogP) is 5.70. The van der Waals surface area contributed by atoms with Gasteiger partial charge < -0.3 is 19.7 Å². The van der Waals surface area contributed by atoms with E-state index in [1.165, 1.54) is 0 Å². The van der Waals surface area contributed by atoms with E-state index in [0.717, 1.165) is 21.2 Å². The first kappa shape index (κ1) is 28.3. The van der Waals surface area contributed by atoms with E-state index in [-0.39, 0.29) is 25.0 Å². The third-order valence-electron chi connectivity index (χ3n) is 5.75. The van der Waals surface area contributed by atoms with Gasteiger partial charge in [0, 0.05) is 23.0 Å². The number of hydrogen-bond acceptors (Lipinski definition) is 4. The summed E-state index contributed by atoms with van der Waals surface area (Å²) in [6, 6.07) is 22.1. The Labute approximate surface area is 228 Å². The summed E-state index contributed by atoms with van der Waals surface area (Å²) >= 11 is 3.49. The Morgan fingerprint density at radius 3 is 2.30 bits per heavy atom. The van der Waals surface area contributed by atoms with Gasteiger partial charge in [-0.15, -0.1) is 0 Å². The minimum absolute atomic E-state index is 0.195. The first-order valence-electron chi connectivity index (χ1n) is 12.2. The summed E-state index contributed by atoms with van der Waals surface area (Å²) in [7, 11) is 1.60. The second-order valence-electron chi connectivity index (χ2n) is 10.0. The molecule has 0 aromatic heterocycles. The number of amides is 2. The average molecular weight is 568 g/mol. The summed E-state index contributed by atoms with van der Waals surface area (Å²) < 4.78 is 12.2. The van der Waals surface area contributed by atoms with Crippen LogP contribution in [0.1, 0.15) is 37.5 Å². The van der Waals surface area contributed by atoms with Crippen LogP contribution in [0.2, 0.25) is 0 Å². The molecular weight excluding hydrogens is 532 g/mol. The lowest BCUT2D eigenvalue weighted by molar-refractivity contribution is -0.143. The molecule has 0 aliphatic rings. The van der Waals surface area contributed by atoms with Crippen LogP contribution in [0.5, 0.6) is 11.5 Å². The zero-order chi connectivity index (χ0) is 27.0. The lowest BCUT2D eigenvalue weighted by atomic mass is 10.0. The zero-order valence-corrected chi connectivity index (χ0v) is 23.7. The van der Waals surface area contributed by atoms with Crippen LogP contribution in [0.25, 0.3) is 0 Å². The molecule has 0 saturated heterocycles. The smallest absolute Gasteiger partial charge is 0.261 e. The van der Waals surface area contributed by atoms with Crippen molar-refractivity contribution in [2.75, 3.05) is 13.7 Å². The molecule has 0 spiro atoms. The number of halogens is 1. The molecular formula is C30H35BrN2O4. The Kier molecular flexibility index (Phi) is 9.75. The van der Waals surface area contributed by atoms with Gasteiger partial charge >= 0.3 is 0 Å². The topological polar surface area (TPSA) is 67.9 Å². The van der Waals surface area contributed by atoms with Crippen molar-refractivity contribution in [2.45, 2.75) is 52.2 Å². The maximum absolute atomic E-state index is 13.7. The molecule has 6 nitrogen and oxygen atoms in total. The number of methoxy groups -OCH3 is 1. The fourth-order valence-electron chi connectivity index (χ4n) is 3.91. The number of carbonyl (C=O) groups is 2. The molecule has 7 heteroatoms. The molecule has 1 atom stereocenters. The van der Waals surface area contributed by atoms with Crippen molar-refractivity contribution in [3.8, 4) is 11.5 Å². The fraction of sp³-hybridized carbons (Fsp3) is 0.333. The third-order valence-corrected chi connectivity index (χ3v) is 6.64. The Hall–Kier alpha value is -3.32. The molecule has 1 N–H and O–H groups in total. The highest BCUT2D eigenvalue weighted by Gasteiger charge is 2.32. The number of aryl methyl sites for hydroxylation is 1. The largest absolute Gasteiger partial charge is 0.497 e.